The van der Waals surface area contributed by atoms with E-state index in [1.165, 1.54) is 12.1 Å². The minimum absolute atomic E-state index is 0.00734. The smallest absolute Gasteiger partial charge is 0.349 e. The van der Waals surface area contributed by atoms with E-state index in [4.69, 9.17) is 18.6 Å². The highest BCUT2D eigenvalue weighted by molar-refractivity contribution is 6.00. The zero-order valence-electron chi connectivity index (χ0n) is 31.7. The molecule has 290 valence electrons. The Hall–Kier alpha value is -7.21. The number of anilines is 2. The third-order valence-corrected chi connectivity index (χ3v) is 11.2. The van der Waals surface area contributed by atoms with Gasteiger partial charge < -0.3 is 33.3 Å². The maximum atomic E-state index is 13.7. The Morgan fingerprint density at radius 3 is 2.28 bits per heavy atom. The lowest BCUT2D eigenvalue weighted by molar-refractivity contribution is 0.0224. The van der Waals surface area contributed by atoms with Crippen LogP contribution in [-0.2, 0) is 10.3 Å². The number of carbonyl (C=O) groups excluding carboxylic acids is 4. The van der Waals surface area contributed by atoms with Crippen molar-refractivity contribution in [2.24, 2.45) is 0 Å². The number of benzene rings is 5. The van der Waals surface area contributed by atoms with Gasteiger partial charge in [-0.05, 0) is 68.4 Å². The third kappa shape index (κ3) is 5.96. The van der Waals surface area contributed by atoms with Crippen LogP contribution in [-0.4, -0.2) is 68.3 Å². The summed E-state index contributed by atoms with van der Waals surface area (Å²) in [6.07, 6.45) is 0.597. The van der Waals surface area contributed by atoms with Gasteiger partial charge in [-0.2, -0.15) is 0 Å². The van der Waals surface area contributed by atoms with Crippen molar-refractivity contribution in [1.29, 1.82) is 0 Å². The molecule has 1 aromatic heterocycles. The number of carbonyl (C=O) groups is 4. The molecular weight excluding hydrogens is 739 g/mol. The fourth-order valence-corrected chi connectivity index (χ4v) is 8.23. The monoisotopic (exact) mass is 775 g/mol. The van der Waals surface area contributed by atoms with E-state index in [0.29, 0.717) is 77.2 Å². The molecule has 12 nitrogen and oxygen atoms in total. The second-order valence-electron chi connectivity index (χ2n) is 14.3. The summed E-state index contributed by atoms with van der Waals surface area (Å²) in [6.45, 7) is 7.40. The van der Waals surface area contributed by atoms with Crippen molar-refractivity contribution < 1.29 is 37.8 Å². The molecule has 1 saturated heterocycles. The van der Waals surface area contributed by atoms with E-state index >= 15 is 0 Å². The van der Waals surface area contributed by atoms with Crippen LogP contribution in [0.25, 0.3) is 11.0 Å². The molecule has 1 amide bonds. The van der Waals surface area contributed by atoms with Crippen LogP contribution in [0, 0.1) is 0 Å². The minimum Gasteiger partial charge on any atom is -0.456 e. The number of nitrogens with zero attached hydrogens (tertiary/aromatic N) is 3. The molecule has 3 aliphatic heterocycles. The molecule has 5 aromatic carbocycles. The van der Waals surface area contributed by atoms with E-state index in [1.807, 2.05) is 48.5 Å². The molecule has 4 heterocycles. The summed E-state index contributed by atoms with van der Waals surface area (Å²) in [5.74, 6) is -0.661. The van der Waals surface area contributed by atoms with Crippen molar-refractivity contribution in [2.45, 2.75) is 19.4 Å². The zero-order chi connectivity index (χ0) is 40.1. The number of hydrogen-bond donors (Lipinski definition) is 0. The molecule has 0 bridgehead atoms. The van der Waals surface area contributed by atoms with Crippen molar-refractivity contribution in [3.63, 3.8) is 0 Å². The molecule has 0 saturated carbocycles. The fraction of sp³-hybridized carbons (Fsp3) is 0.196. The van der Waals surface area contributed by atoms with E-state index in [9.17, 15) is 24.0 Å². The SMILES string of the molecule is CCN(CC)c1ccc2cc(C(=O)N3CCN(c4ccc5c(c4)Oc4cc(OC(=O)c6ccccc6C=O)ccc4C54OC(=O)c5ccccc54)CC3)c(=O)oc2c1. The lowest BCUT2D eigenvalue weighted by atomic mass is 9.77. The molecule has 0 radical (unpaired) electrons. The predicted molar refractivity (Wildman–Crippen MR) is 216 cm³/mol. The average Bonchev–Trinajstić information content (AvgIpc) is 3.55. The van der Waals surface area contributed by atoms with Gasteiger partial charge in [-0.1, -0.05) is 36.4 Å². The largest absolute Gasteiger partial charge is 0.456 e. The Morgan fingerprint density at radius 2 is 1.50 bits per heavy atom. The first-order valence-electron chi connectivity index (χ1n) is 19.2. The van der Waals surface area contributed by atoms with Gasteiger partial charge in [0.2, 0.25) is 0 Å². The van der Waals surface area contributed by atoms with Crippen LogP contribution < -0.4 is 24.9 Å². The van der Waals surface area contributed by atoms with Crippen LogP contribution in [0.2, 0.25) is 0 Å². The van der Waals surface area contributed by atoms with Gasteiger partial charge in [0, 0.05) is 96.5 Å². The standard InChI is InChI=1S/C46H37N3O9/c1-3-47(4-2)30-14-13-28-23-35(44(53)57-39(28)24-30)42(51)49-21-19-48(20-22-49)31-15-17-37-40(25-31)56-41-26-32(55-43(52)33-10-6-5-9-29(33)27-50)16-18-38(41)46(37)36-12-8-7-11-34(36)45(54)58-46/h5-18,23-27H,3-4,19-22H2,1-2H3. The maximum Gasteiger partial charge on any atom is 0.349 e. The highest BCUT2D eigenvalue weighted by Gasteiger charge is 2.53. The first-order valence-corrected chi connectivity index (χ1v) is 19.2. The molecule has 0 N–H and O–H groups in total. The average molecular weight is 776 g/mol. The van der Waals surface area contributed by atoms with Crippen LogP contribution in [0.5, 0.6) is 17.2 Å². The predicted octanol–water partition coefficient (Wildman–Crippen LogP) is 7.20. The van der Waals surface area contributed by atoms with E-state index in [2.05, 4.69) is 23.6 Å². The van der Waals surface area contributed by atoms with Crippen LogP contribution in [0.15, 0.2) is 118 Å². The molecule has 9 rings (SSSR count). The summed E-state index contributed by atoms with van der Waals surface area (Å²) in [5.41, 5.74) is 2.73. The highest BCUT2D eigenvalue weighted by Crippen LogP contribution is 2.57. The van der Waals surface area contributed by atoms with Crippen LogP contribution in [0.4, 0.5) is 11.4 Å². The van der Waals surface area contributed by atoms with Gasteiger partial charge in [0.25, 0.3) is 5.91 Å². The lowest BCUT2D eigenvalue weighted by Gasteiger charge is -2.39. The van der Waals surface area contributed by atoms with Crippen molar-refractivity contribution in [2.75, 3.05) is 49.1 Å². The molecule has 12 heteroatoms. The van der Waals surface area contributed by atoms with Crippen molar-refractivity contribution in [1.82, 2.24) is 4.90 Å². The first-order chi connectivity index (χ1) is 28.2. The number of aldehydes is 1. The van der Waals surface area contributed by atoms with Crippen molar-refractivity contribution in [3.05, 3.63) is 159 Å². The molecule has 1 fully saturated rings. The van der Waals surface area contributed by atoms with E-state index in [1.54, 1.807) is 53.4 Å². The second-order valence-corrected chi connectivity index (χ2v) is 14.3. The summed E-state index contributed by atoms with van der Waals surface area (Å²) in [6, 6.07) is 31.4. The summed E-state index contributed by atoms with van der Waals surface area (Å²) in [7, 11) is 0. The summed E-state index contributed by atoms with van der Waals surface area (Å²) < 4.78 is 24.2. The number of fused-ring (bicyclic) bond motifs is 7. The van der Waals surface area contributed by atoms with E-state index in [0.717, 1.165) is 24.5 Å². The number of piperazine rings is 1. The Labute approximate surface area is 332 Å². The maximum absolute atomic E-state index is 13.7. The molecule has 0 aliphatic carbocycles. The zero-order valence-corrected chi connectivity index (χ0v) is 31.7. The summed E-state index contributed by atoms with van der Waals surface area (Å²) in [5, 5.41) is 0.676. The Morgan fingerprint density at radius 1 is 0.776 bits per heavy atom. The van der Waals surface area contributed by atoms with Gasteiger partial charge in [0.05, 0.1) is 11.1 Å². The molecular formula is C46H37N3O9. The number of rotatable bonds is 8. The lowest BCUT2D eigenvalue weighted by Crippen LogP contribution is -2.49. The van der Waals surface area contributed by atoms with Crippen molar-refractivity contribution in [3.8, 4) is 17.2 Å². The van der Waals surface area contributed by atoms with Gasteiger partial charge in [0.15, 0.2) is 11.9 Å². The van der Waals surface area contributed by atoms with E-state index < -0.39 is 23.2 Å². The molecule has 58 heavy (non-hydrogen) atoms. The van der Waals surface area contributed by atoms with E-state index in [-0.39, 0.29) is 28.3 Å². The van der Waals surface area contributed by atoms with Crippen LogP contribution in [0.3, 0.4) is 0 Å². The molecule has 6 aromatic rings. The Bertz CT molecular complexity index is 2730. The van der Waals surface area contributed by atoms with Crippen LogP contribution >= 0.6 is 0 Å². The van der Waals surface area contributed by atoms with Crippen LogP contribution in [0.1, 0.15) is 72.0 Å². The number of amides is 1. The van der Waals surface area contributed by atoms with Gasteiger partial charge in [-0.25, -0.2) is 14.4 Å². The molecule has 1 atom stereocenters. The Balaban J connectivity index is 0.989. The number of esters is 2. The summed E-state index contributed by atoms with van der Waals surface area (Å²) >= 11 is 0. The number of hydrogen-bond acceptors (Lipinski definition) is 11. The molecule has 1 spiro atoms. The molecule has 3 aliphatic rings. The second kappa shape index (κ2) is 14.4. The quantitative estimate of drug-likeness (QED) is 0.0672. The fourth-order valence-electron chi connectivity index (χ4n) is 8.23. The van der Waals surface area contributed by atoms with Gasteiger partial charge >= 0.3 is 17.6 Å². The highest BCUT2D eigenvalue weighted by atomic mass is 16.6. The van der Waals surface area contributed by atoms with Gasteiger partial charge in [-0.15, -0.1) is 0 Å². The Kier molecular flexibility index (Phi) is 9.03. The topological polar surface area (TPSA) is 136 Å². The number of ether oxygens (including phenoxy) is 3. The summed E-state index contributed by atoms with van der Waals surface area (Å²) in [4.78, 5) is 70.9. The third-order valence-electron chi connectivity index (χ3n) is 11.2. The van der Waals surface area contributed by atoms with Gasteiger partial charge in [0.1, 0.15) is 28.4 Å². The first kappa shape index (κ1) is 36.4. The van der Waals surface area contributed by atoms with Gasteiger partial charge in [-0.3, -0.25) is 9.59 Å². The normalized spacial score (nSPS) is 16.6. The molecule has 1 unspecified atom stereocenters. The van der Waals surface area contributed by atoms with Crippen molar-refractivity contribution >= 4 is 46.5 Å². The minimum atomic E-state index is -1.35.